The van der Waals surface area contributed by atoms with Crippen LogP contribution in [-0.2, 0) is 14.8 Å². The predicted molar refractivity (Wildman–Crippen MR) is 82.8 cm³/mol. The van der Waals surface area contributed by atoms with Crippen molar-refractivity contribution < 1.29 is 13.2 Å². The molecule has 0 N–H and O–H groups in total. The van der Waals surface area contributed by atoms with Crippen molar-refractivity contribution in [3.8, 4) is 0 Å². The molecule has 1 saturated heterocycles. The third kappa shape index (κ3) is 3.44. The molecular formula is C15H22N2O3S. The topological polar surface area (TPSA) is 57.7 Å². The van der Waals surface area contributed by atoms with Crippen molar-refractivity contribution in [1.82, 2.24) is 4.31 Å². The van der Waals surface area contributed by atoms with E-state index in [4.69, 9.17) is 0 Å². The molecule has 1 amide bonds. The van der Waals surface area contributed by atoms with Crippen molar-refractivity contribution >= 4 is 21.6 Å². The highest BCUT2D eigenvalue weighted by Crippen LogP contribution is 2.24. The monoisotopic (exact) mass is 310 g/mol. The van der Waals surface area contributed by atoms with Gasteiger partial charge in [0.05, 0.1) is 4.90 Å². The van der Waals surface area contributed by atoms with E-state index in [9.17, 15) is 13.2 Å². The zero-order valence-electron chi connectivity index (χ0n) is 12.6. The Kier molecular flexibility index (Phi) is 5.00. The van der Waals surface area contributed by atoms with Crippen LogP contribution in [0.5, 0.6) is 0 Å². The molecule has 0 aliphatic carbocycles. The van der Waals surface area contributed by atoms with Gasteiger partial charge in [-0.05, 0) is 37.1 Å². The van der Waals surface area contributed by atoms with Crippen LogP contribution in [0.15, 0.2) is 29.2 Å². The first kappa shape index (κ1) is 16.0. The SMILES string of the molecule is CCCCN(C)S(=O)(=O)c1ccc(N2CCCC2=O)cc1. The summed E-state index contributed by atoms with van der Waals surface area (Å²) >= 11 is 0. The quantitative estimate of drug-likeness (QED) is 0.809. The number of anilines is 1. The molecule has 0 saturated carbocycles. The van der Waals surface area contributed by atoms with Crippen LogP contribution >= 0.6 is 0 Å². The molecule has 0 spiro atoms. The van der Waals surface area contributed by atoms with E-state index in [2.05, 4.69) is 0 Å². The van der Waals surface area contributed by atoms with Crippen molar-refractivity contribution in [3.05, 3.63) is 24.3 Å². The number of carbonyl (C=O) groups is 1. The summed E-state index contributed by atoms with van der Waals surface area (Å²) in [7, 11) is -1.84. The highest BCUT2D eigenvalue weighted by atomic mass is 32.2. The first-order valence-corrected chi connectivity index (χ1v) is 8.77. The maximum atomic E-state index is 12.4. The Labute approximate surface area is 126 Å². The molecule has 0 unspecified atom stereocenters. The van der Waals surface area contributed by atoms with Crippen LogP contribution in [0.3, 0.4) is 0 Å². The molecule has 0 radical (unpaired) electrons. The van der Waals surface area contributed by atoms with E-state index in [1.165, 1.54) is 4.31 Å². The number of carbonyl (C=O) groups excluding carboxylic acids is 1. The largest absolute Gasteiger partial charge is 0.312 e. The average molecular weight is 310 g/mol. The van der Waals surface area contributed by atoms with Gasteiger partial charge in [0.1, 0.15) is 0 Å². The highest BCUT2D eigenvalue weighted by Gasteiger charge is 2.23. The molecule has 116 valence electrons. The minimum atomic E-state index is -3.44. The van der Waals surface area contributed by atoms with Gasteiger partial charge in [-0.3, -0.25) is 4.79 Å². The maximum Gasteiger partial charge on any atom is 0.242 e. The Balaban J connectivity index is 2.16. The van der Waals surface area contributed by atoms with Gasteiger partial charge >= 0.3 is 0 Å². The molecule has 1 aliphatic rings. The van der Waals surface area contributed by atoms with E-state index in [0.717, 1.165) is 24.9 Å². The number of hydrogen-bond donors (Lipinski definition) is 0. The van der Waals surface area contributed by atoms with Gasteiger partial charge in [-0.2, -0.15) is 0 Å². The molecule has 21 heavy (non-hydrogen) atoms. The van der Waals surface area contributed by atoms with Gasteiger partial charge in [-0.15, -0.1) is 0 Å². The fourth-order valence-corrected chi connectivity index (χ4v) is 3.61. The zero-order valence-corrected chi connectivity index (χ0v) is 13.4. The number of benzene rings is 1. The molecule has 2 rings (SSSR count). The fourth-order valence-electron chi connectivity index (χ4n) is 2.40. The van der Waals surface area contributed by atoms with Crippen molar-refractivity contribution in [1.29, 1.82) is 0 Å². The van der Waals surface area contributed by atoms with Gasteiger partial charge in [-0.25, -0.2) is 12.7 Å². The Morgan fingerprint density at radius 1 is 1.24 bits per heavy atom. The van der Waals surface area contributed by atoms with Gasteiger partial charge < -0.3 is 4.90 Å². The molecule has 6 heteroatoms. The van der Waals surface area contributed by atoms with Gasteiger partial charge in [0.15, 0.2) is 0 Å². The number of hydrogen-bond acceptors (Lipinski definition) is 3. The van der Waals surface area contributed by atoms with E-state index >= 15 is 0 Å². The fraction of sp³-hybridized carbons (Fsp3) is 0.533. The van der Waals surface area contributed by atoms with Crippen LogP contribution in [0.4, 0.5) is 5.69 Å². The number of sulfonamides is 1. The van der Waals surface area contributed by atoms with Crippen molar-refractivity contribution in [2.45, 2.75) is 37.5 Å². The van der Waals surface area contributed by atoms with Crippen LogP contribution in [0.2, 0.25) is 0 Å². The van der Waals surface area contributed by atoms with Crippen LogP contribution < -0.4 is 4.90 Å². The molecule has 0 aromatic heterocycles. The van der Waals surface area contributed by atoms with Crippen molar-refractivity contribution in [2.75, 3.05) is 25.0 Å². The summed E-state index contributed by atoms with van der Waals surface area (Å²) in [5, 5.41) is 0. The molecule has 1 aromatic rings. The molecule has 1 aromatic carbocycles. The number of rotatable bonds is 6. The number of unbranched alkanes of at least 4 members (excludes halogenated alkanes) is 1. The Morgan fingerprint density at radius 2 is 1.90 bits per heavy atom. The zero-order chi connectivity index (χ0) is 15.5. The summed E-state index contributed by atoms with van der Waals surface area (Å²) in [6.07, 6.45) is 3.23. The third-order valence-corrected chi connectivity index (χ3v) is 5.63. The van der Waals surface area contributed by atoms with Gasteiger partial charge in [0.2, 0.25) is 15.9 Å². The summed E-state index contributed by atoms with van der Waals surface area (Å²) in [6.45, 7) is 3.26. The summed E-state index contributed by atoms with van der Waals surface area (Å²) < 4.78 is 26.1. The standard InChI is InChI=1S/C15H22N2O3S/c1-3-4-11-16(2)21(19,20)14-9-7-13(8-10-14)17-12-5-6-15(17)18/h7-10H,3-6,11-12H2,1-2H3. The Hall–Kier alpha value is -1.40. The van der Waals surface area contributed by atoms with Crippen LogP contribution in [0, 0.1) is 0 Å². The molecule has 5 nitrogen and oxygen atoms in total. The smallest absolute Gasteiger partial charge is 0.242 e. The van der Waals surface area contributed by atoms with Crippen LogP contribution in [-0.4, -0.2) is 38.8 Å². The second kappa shape index (κ2) is 6.58. The van der Waals surface area contributed by atoms with E-state index in [1.54, 1.807) is 36.2 Å². The van der Waals surface area contributed by atoms with Gasteiger partial charge in [0, 0.05) is 32.2 Å². The molecule has 1 fully saturated rings. The minimum absolute atomic E-state index is 0.102. The highest BCUT2D eigenvalue weighted by molar-refractivity contribution is 7.89. The predicted octanol–water partition coefficient (Wildman–Crippen LogP) is 2.23. The lowest BCUT2D eigenvalue weighted by atomic mass is 10.3. The Morgan fingerprint density at radius 3 is 2.43 bits per heavy atom. The van der Waals surface area contributed by atoms with E-state index in [1.807, 2.05) is 6.92 Å². The minimum Gasteiger partial charge on any atom is -0.312 e. The Bertz CT molecular complexity index is 596. The molecule has 0 bridgehead atoms. The first-order valence-electron chi connectivity index (χ1n) is 7.33. The average Bonchev–Trinajstić information content (AvgIpc) is 2.91. The lowest BCUT2D eigenvalue weighted by molar-refractivity contribution is -0.117. The summed E-state index contributed by atoms with van der Waals surface area (Å²) in [4.78, 5) is 13.7. The van der Waals surface area contributed by atoms with Crippen molar-refractivity contribution in [3.63, 3.8) is 0 Å². The summed E-state index contributed by atoms with van der Waals surface area (Å²) in [5.41, 5.74) is 0.771. The molecular weight excluding hydrogens is 288 g/mol. The van der Waals surface area contributed by atoms with Crippen molar-refractivity contribution in [2.24, 2.45) is 0 Å². The lowest BCUT2D eigenvalue weighted by Crippen LogP contribution is -2.28. The third-order valence-electron chi connectivity index (χ3n) is 3.76. The van der Waals surface area contributed by atoms with Crippen LogP contribution in [0.1, 0.15) is 32.6 Å². The molecule has 0 atom stereocenters. The van der Waals surface area contributed by atoms with E-state index in [-0.39, 0.29) is 10.8 Å². The first-order chi connectivity index (χ1) is 9.96. The number of amides is 1. The molecule has 1 aliphatic heterocycles. The number of nitrogens with zero attached hydrogens (tertiary/aromatic N) is 2. The van der Waals surface area contributed by atoms with E-state index < -0.39 is 10.0 Å². The molecule has 1 heterocycles. The second-order valence-corrected chi connectivity index (χ2v) is 7.37. The van der Waals surface area contributed by atoms with Gasteiger partial charge in [-0.1, -0.05) is 13.3 Å². The second-order valence-electron chi connectivity index (χ2n) is 5.32. The van der Waals surface area contributed by atoms with Crippen LogP contribution in [0.25, 0.3) is 0 Å². The van der Waals surface area contributed by atoms with E-state index in [0.29, 0.717) is 19.5 Å². The summed E-state index contributed by atoms with van der Waals surface area (Å²) in [6, 6.07) is 6.59. The van der Waals surface area contributed by atoms with Gasteiger partial charge in [0.25, 0.3) is 0 Å². The summed E-state index contributed by atoms with van der Waals surface area (Å²) in [5.74, 6) is 0.102. The normalized spacial score (nSPS) is 16.0. The maximum absolute atomic E-state index is 12.4. The lowest BCUT2D eigenvalue weighted by Gasteiger charge is -2.19.